The highest BCUT2D eigenvalue weighted by molar-refractivity contribution is 5.96. The van der Waals surface area contributed by atoms with E-state index < -0.39 is 0 Å². The molecule has 3 aromatic rings. The molecule has 0 aliphatic heterocycles. The van der Waals surface area contributed by atoms with Crippen molar-refractivity contribution in [2.75, 3.05) is 5.32 Å². The SMILES string of the molecule is CCC(C(=O)Nc1c(C)n(C)n(-c2ccccc2)c1=O)c1ccccc1. The quantitative estimate of drug-likeness (QED) is 0.765. The molecule has 2 aromatic carbocycles. The molecule has 0 fully saturated rings. The summed E-state index contributed by atoms with van der Waals surface area (Å²) in [6.45, 7) is 3.80. The van der Waals surface area contributed by atoms with Gasteiger partial charge >= 0.3 is 0 Å². The van der Waals surface area contributed by atoms with Crippen molar-refractivity contribution >= 4 is 11.6 Å². The van der Waals surface area contributed by atoms with E-state index in [2.05, 4.69) is 5.32 Å². The third-order valence-corrected chi connectivity index (χ3v) is 4.73. The van der Waals surface area contributed by atoms with Crippen molar-refractivity contribution in [2.24, 2.45) is 7.05 Å². The zero-order chi connectivity index (χ0) is 18.7. The van der Waals surface area contributed by atoms with Crippen LogP contribution in [-0.2, 0) is 11.8 Å². The summed E-state index contributed by atoms with van der Waals surface area (Å²) in [5.74, 6) is -0.454. The minimum Gasteiger partial charge on any atom is -0.319 e. The van der Waals surface area contributed by atoms with Crippen LogP contribution < -0.4 is 10.9 Å². The van der Waals surface area contributed by atoms with Crippen molar-refractivity contribution in [1.82, 2.24) is 9.36 Å². The lowest BCUT2D eigenvalue weighted by molar-refractivity contribution is -0.117. The van der Waals surface area contributed by atoms with E-state index >= 15 is 0 Å². The Morgan fingerprint density at radius 1 is 1.04 bits per heavy atom. The number of aromatic nitrogens is 2. The molecule has 0 aliphatic carbocycles. The molecular formula is C21H23N3O2. The van der Waals surface area contributed by atoms with Gasteiger partial charge in [-0.1, -0.05) is 55.5 Å². The van der Waals surface area contributed by atoms with Gasteiger partial charge in [0.1, 0.15) is 5.69 Å². The number of amides is 1. The van der Waals surface area contributed by atoms with Crippen molar-refractivity contribution in [1.29, 1.82) is 0 Å². The highest BCUT2D eigenvalue weighted by atomic mass is 16.2. The van der Waals surface area contributed by atoms with Crippen LogP contribution in [0.1, 0.15) is 30.5 Å². The molecule has 5 nitrogen and oxygen atoms in total. The minimum atomic E-state index is -0.291. The Morgan fingerprint density at radius 2 is 1.62 bits per heavy atom. The van der Waals surface area contributed by atoms with Crippen LogP contribution in [0, 0.1) is 6.92 Å². The highest BCUT2D eigenvalue weighted by Gasteiger charge is 2.23. The number of benzene rings is 2. The molecule has 1 amide bonds. The smallest absolute Gasteiger partial charge is 0.295 e. The first kappa shape index (κ1) is 17.7. The van der Waals surface area contributed by atoms with E-state index in [-0.39, 0.29) is 17.4 Å². The predicted octanol–water partition coefficient (Wildman–Crippen LogP) is 3.62. The molecule has 1 heterocycles. The maximum Gasteiger partial charge on any atom is 0.295 e. The lowest BCUT2D eigenvalue weighted by Crippen LogP contribution is -2.26. The molecule has 1 N–H and O–H groups in total. The largest absolute Gasteiger partial charge is 0.319 e. The molecule has 0 saturated heterocycles. The lowest BCUT2D eigenvalue weighted by Gasteiger charge is -2.14. The van der Waals surface area contributed by atoms with Crippen molar-refractivity contribution in [3.8, 4) is 5.69 Å². The van der Waals surface area contributed by atoms with E-state index in [0.717, 1.165) is 16.9 Å². The summed E-state index contributed by atoms with van der Waals surface area (Å²) in [6.07, 6.45) is 0.661. The number of rotatable bonds is 5. The predicted molar refractivity (Wildman–Crippen MR) is 104 cm³/mol. The van der Waals surface area contributed by atoms with Crippen molar-refractivity contribution in [2.45, 2.75) is 26.2 Å². The van der Waals surface area contributed by atoms with Crippen LogP contribution in [0.2, 0.25) is 0 Å². The molecule has 1 unspecified atom stereocenters. The van der Waals surface area contributed by atoms with Crippen molar-refractivity contribution in [3.05, 3.63) is 82.3 Å². The Hall–Kier alpha value is -3.08. The Kier molecular flexibility index (Phi) is 5.07. The minimum absolute atomic E-state index is 0.162. The van der Waals surface area contributed by atoms with Gasteiger partial charge in [0.2, 0.25) is 5.91 Å². The van der Waals surface area contributed by atoms with Gasteiger partial charge in [0.25, 0.3) is 5.56 Å². The van der Waals surface area contributed by atoms with Crippen molar-refractivity contribution in [3.63, 3.8) is 0 Å². The first-order chi connectivity index (χ1) is 12.5. The van der Waals surface area contributed by atoms with E-state index in [1.165, 1.54) is 0 Å². The van der Waals surface area contributed by atoms with Crippen LogP contribution in [0.5, 0.6) is 0 Å². The number of hydrogen-bond donors (Lipinski definition) is 1. The second-order valence-corrected chi connectivity index (χ2v) is 6.30. The average molecular weight is 349 g/mol. The molecule has 0 aliphatic rings. The lowest BCUT2D eigenvalue weighted by atomic mass is 9.95. The van der Waals surface area contributed by atoms with Crippen LogP contribution in [0.25, 0.3) is 5.69 Å². The van der Waals surface area contributed by atoms with E-state index in [0.29, 0.717) is 12.1 Å². The van der Waals surface area contributed by atoms with E-state index in [1.807, 2.05) is 81.6 Å². The molecule has 1 aromatic heterocycles. The summed E-state index contributed by atoms with van der Waals surface area (Å²) in [5, 5.41) is 2.87. The summed E-state index contributed by atoms with van der Waals surface area (Å²) in [6, 6.07) is 19.0. The first-order valence-electron chi connectivity index (χ1n) is 8.74. The maximum absolute atomic E-state index is 12.9. The summed E-state index contributed by atoms with van der Waals surface area (Å²) in [4.78, 5) is 25.8. The molecule has 0 saturated carbocycles. The number of carbonyl (C=O) groups is 1. The molecule has 1 atom stereocenters. The zero-order valence-corrected chi connectivity index (χ0v) is 15.3. The van der Waals surface area contributed by atoms with E-state index in [9.17, 15) is 9.59 Å². The van der Waals surface area contributed by atoms with Crippen LogP contribution >= 0.6 is 0 Å². The number of carbonyl (C=O) groups excluding carboxylic acids is 1. The fourth-order valence-corrected chi connectivity index (χ4v) is 3.18. The van der Waals surface area contributed by atoms with Crippen LogP contribution in [0.4, 0.5) is 5.69 Å². The van der Waals surface area contributed by atoms with Gasteiger partial charge in [0, 0.05) is 7.05 Å². The summed E-state index contributed by atoms with van der Waals surface area (Å²) < 4.78 is 3.32. The Balaban J connectivity index is 1.96. The average Bonchev–Trinajstić information content (AvgIpc) is 2.87. The molecule has 0 spiro atoms. The topological polar surface area (TPSA) is 56.0 Å². The highest BCUT2D eigenvalue weighted by Crippen LogP contribution is 2.22. The van der Waals surface area contributed by atoms with Crippen molar-refractivity contribution < 1.29 is 4.79 Å². The van der Waals surface area contributed by atoms with Gasteiger partial charge in [-0.2, -0.15) is 0 Å². The van der Waals surface area contributed by atoms with E-state index in [4.69, 9.17) is 0 Å². The molecule has 5 heteroatoms. The standard InChI is InChI=1S/C21H23N3O2/c1-4-18(16-11-7-5-8-12-16)20(25)22-19-15(2)23(3)24(21(19)26)17-13-9-6-10-14-17/h5-14,18H,4H2,1-3H3,(H,22,25). The van der Waals surface area contributed by atoms with E-state index in [1.54, 1.807) is 9.36 Å². The van der Waals surface area contributed by atoms with Crippen LogP contribution in [-0.4, -0.2) is 15.3 Å². The number of para-hydroxylation sites is 1. The second-order valence-electron chi connectivity index (χ2n) is 6.30. The fraction of sp³-hybridized carbons (Fsp3) is 0.238. The molecular weight excluding hydrogens is 326 g/mol. The second kappa shape index (κ2) is 7.44. The van der Waals surface area contributed by atoms with Gasteiger partial charge in [-0.3, -0.25) is 14.3 Å². The molecule has 0 bridgehead atoms. The molecule has 134 valence electrons. The number of nitrogens with zero attached hydrogens (tertiary/aromatic N) is 2. The third kappa shape index (κ3) is 3.20. The Morgan fingerprint density at radius 3 is 2.19 bits per heavy atom. The van der Waals surface area contributed by atoms with Gasteiger partial charge in [0.05, 0.1) is 17.3 Å². The maximum atomic E-state index is 12.9. The summed E-state index contributed by atoms with van der Waals surface area (Å²) in [7, 11) is 1.81. The normalized spacial score (nSPS) is 12.0. The monoisotopic (exact) mass is 349 g/mol. The fourth-order valence-electron chi connectivity index (χ4n) is 3.18. The molecule has 0 radical (unpaired) electrons. The Labute approximate surface area is 152 Å². The summed E-state index contributed by atoms with van der Waals surface area (Å²) >= 11 is 0. The summed E-state index contributed by atoms with van der Waals surface area (Å²) in [5.41, 5.74) is 2.53. The van der Waals surface area contributed by atoms with Gasteiger partial charge in [-0.25, -0.2) is 4.68 Å². The number of anilines is 1. The third-order valence-electron chi connectivity index (χ3n) is 4.73. The Bertz CT molecular complexity index is 956. The number of hydrogen-bond acceptors (Lipinski definition) is 2. The first-order valence-corrected chi connectivity index (χ1v) is 8.74. The van der Waals surface area contributed by atoms with Crippen LogP contribution in [0.15, 0.2) is 65.5 Å². The number of nitrogens with one attached hydrogen (secondary N) is 1. The van der Waals surface area contributed by atoms with Gasteiger partial charge < -0.3 is 5.32 Å². The van der Waals surface area contributed by atoms with Gasteiger partial charge in [-0.05, 0) is 31.0 Å². The van der Waals surface area contributed by atoms with Gasteiger partial charge in [-0.15, -0.1) is 0 Å². The van der Waals surface area contributed by atoms with Gasteiger partial charge in [0.15, 0.2) is 0 Å². The molecule has 3 rings (SSSR count). The van der Waals surface area contributed by atoms with Crippen LogP contribution in [0.3, 0.4) is 0 Å². The molecule has 26 heavy (non-hydrogen) atoms. The zero-order valence-electron chi connectivity index (χ0n) is 15.3.